The van der Waals surface area contributed by atoms with Gasteiger partial charge in [0.15, 0.2) is 5.82 Å². The highest BCUT2D eigenvalue weighted by molar-refractivity contribution is 7.15. The highest BCUT2D eigenvalue weighted by Gasteiger charge is 2.39. The second-order valence-corrected chi connectivity index (χ2v) is 7.19. The number of nitrogens with zero attached hydrogens (tertiary/aromatic N) is 2. The Kier molecular flexibility index (Phi) is 2.93. The van der Waals surface area contributed by atoms with Gasteiger partial charge in [-0.1, -0.05) is 11.6 Å². The fourth-order valence-electron chi connectivity index (χ4n) is 3.08. The van der Waals surface area contributed by atoms with Crippen molar-refractivity contribution in [3.63, 3.8) is 0 Å². The smallest absolute Gasteiger partial charge is 0.268 e. The van der Waals surface area contributed by atoms with Crippen LogP contribution in [0.4, 0.5) is 0 Å². The van der Waals surface area contributed by atoms with Crippen molar-refractivity contribution in [3.8, 4) is 10.8 Å². The van der Waals surface area contributed by atoms with Crippen molar-refractivity contribution < 1.29 is 4.52 Å². The van der Waals surface area contributed by atoms with Crippen LogP contribution in [0.15, 0.2) is 10.6 Å². The maximum atomic E-state index is 6.25. The first-order valence-electron chi connectivity index (χ1n) is 7.50. The number of fused-ring (bicyclic) bond motifs is 1. The molecule has 0 aliphatic heterocycles. The first kappa shape index (κ1) is 12.5. The van der Waals surface area contributed by atoms with Crippen LogP contribution in [-0.4, -0.2) is 10.1 Å². The fourth-order valence-corrected chi connectivity index (χ4v) is 4.26. The zero-order valence-electron chi connectivity index (χ0n) is 11.5. The maximum absolute atomic E-state index is 6.25. The molecule has 0 bridgehead atoms. The van der Waals surface area contributed by atoms with E-state index in [1.807, 2.05) is 11.3 Å². The summed E-state index contributed by atoms with van der Waals surface area (Å²) in [7, 11) is 0. The summed E-state index contributed by atoms with van der Waals surface area (Å²) in [5.74, 6) is 1.33. The van der Waals surface area contributed by atoms with Gasteiger partial charge in [-0.3, -0.25) is 0 Å². The Labute approximate surface area is 122 Å². The van der Waals surface area contributed by atoms with Gasteiger partial charge in [0.1, 0.15) is 0 Å². The van der Waals surface area contributed by atoms with Gasteiger partial charge in [-0.25, -0.2) is 0 Å². The van der Waals surface area contributed by atoms with Crippen molar-refractivity contribution in [2.24, 2.45) is 5.73 Å². The molecule has 0 spiro atoms. The van der Waals surface area contributed by atoms with Crippen molar-refractivity contribution in [2.45, 2.75) is 56.9 Å². The molecule has 1 fully saturated rings. The Morgan fingerprint density at radius 1 is 1.15 bits per heavy atom. The van der Waals surface area contributed by atoms with Gasteiger partial charge in [-0.05, 0) is 56.6 Å². The molecule has 2 aliphatic rings. The van der Waals surface area contributed by atoms with Crippen LogP contribution in [0.3, 0.4) is 0 Å². The van der Waals surface area contributed by atoms with Crippen LogP contribution in [0.1, 0.15) is 54.8 Å². The number of thiophene rings is 1. The van der Waals surface area contributed by atoms with Crippen LogP contribution < -0.4 is 5.73 Å². The van der Waals surface area contributed by atoms with E-state index < -0.39 is 0 Å². The summed E-state index contributed by atoms with van der Waals surface area (Å²) in [4.78, 5) is 7.16. The molecular weight excluding hydrogens is 270 g/mol. The average molecular weight is 289 g/mol. The molecule has 2 N–H and O–H groups in total. The summed E-state index contributed by atoms with van der Waals surface area (Å²) in [6, 6.07) is 2.24. The Morgan fingerprint density at radius 2 is 2.00 bits per heavy atom. The molecule has 0 saturated heterocycles. The van der Waals surface area contributed by atoms with Crippen molar-refractivity contribution in [3.05, 3.63) is 22.3 Å². The second-order valence-electron chi connectivity index (χ2n) is 6.05. The maximum Gasteiger partial charge on any atom is 0.268 e. The molecule has 0 radical (unpaired) electrons. The quantitative estimate of drug-likeness (QED) is 0.860. The molecular formula is C15H19N3OS. The highest BCUT2D eigenvalue weighted by Crippen LogP contribution is 2.39. The average Bonchev–Trinajstić information content (AvgIpc) is 2.99. The third-order valence-electron chi connectivity index (χ3n) is 4.57. The Bertz CT molecular complexity index is 603. The summed E-state index contributed by atoms with van der Waals surface area (Å²) >= 11 is 1.81. The largest absolute Gasteiger partial charge is 0.333 e. The molecule has 4 nitrogen and oxygen atoms in total. The number of aryl methyl sites for hydroxylation is 2. The van der Waals surface area contributed by atoms with Gasteiger partial charge in [0.25, 0.3) is 5.89 Å². The third kappa shape index (κ3) is 2.00. The van der Waals surface area contributed by atoms with Crippen LogP contribution in [0, 0.1) is 0 Å². The Morgan fingerprint density at radius 3 is 2.80 bits per heavy atom. The van der Waals surface area contributed by atoms with E-state index in [0.717, 1.165) is 24.1 Å². The molecule has 2 aliphatic carbocycles. The molecule has 2 aromatic heterocycles. The van der Waals surface area contributed by atoms with Gasteiger partial charge in [-0.2, -0.15) is 4.98 Å². The minimum Gasteiger partial charge on any atom is -0.333 e. The predicted molar refractivity (Wildman–Crippen MR) is 78.6 cm³/mol. The molecule has 5 heteroatoms. The second kappa shape index (κ2) is 4.67. The molecule has 20 heavy (non-hydrogen) atoms. The number of nitrogens with two attached hydrogens (primary N) is 1. The number of hydrogen-bond acceptors (Lipinski definition) is 5. The minimum atomic E-state index is -0.337. The van der Waals surface area contributed by atoms with Gasteiger partial charge >= 0.3 is 0 Å². The lowest BCUT2D eigenvalue weighted by Gasteiger charge is -2.34. The zero-order valence-corrected chi connectivity index (χ0v) is 12.3. The van der Waals surface area contributed by atoms with Gasteiger partial charge in [0.05, 0.1) is 10.4 Å². The monoisotopic (exact) mass is 289 g/mol. The number of aromatic nitrogens is 2. The van der Waals surface area contributed by atoms with E-state index >= 15 is 0 Å². The standard InChI is InChI=1S/C15H19N3OS/c16-15(7-4-8-15)14-17-13(19-18-14)12-9-10-5-2-1-3-6-11(10)20-12/h9H,1-8,16H2. The molecule has 0 amide bonds. The molecule has 1 saturated carbocycles. The molecule has 2 aromatic rings. The Balaban J connectivity index is 1.64. The first-order chi connectivity index (χ1) is 9.74. The van der Waals surface area contributed by atoms with Crippen LogP contribution in [0.5, 0.6) is 0 Å². The van der Waals surface area contributed by atoms with Gasteiger partial charge < -0.3 is 10.3 Å². The van der Waals surface area contributed by atoms with Gasteiger partial charge in [-0.15, -0.1) is 11.3 Å². The molecule has 0 aromatic carbocycles. The summed E-state index contributed by atoms with van der Waals surface area (Å²) < 4.78 is 5.45. The first-order valence-corrected chi connectivity index (χ1v) is 8.31. The fraction of sp³-hybridized carbons (Fsp3) is 0.600. The van der Waals surface area contributed by atoms with E-state index in [2.05, 4.69) is 16.2 Å². The lowest BCUT2D eigenvalue weighted by Crippen LogP contribution is -2.44. The molecule has 0 atom stereocenters. The normalized spacial score (nSPS) is 21.1. The summed E-state index contributed by atoms with van der Waals surface area (Å²) in [5, 5.41) is 4.11. The highest BCUT2D eigenvalue weighted by atomic mass is 32.1. The van der Waals surface area contributed by atoms with Crippen molar-refractivity contribution in [1.82, 2.24) is 10.1 Å². The van der Waals surface area contributed by atoms with Crippen molar-refractivity contribution in [1.29, 1.82) is 0 Å². The van der Waals surface area contributed by atoms with E-state index in [-0.39, 0.29) is 5.54 Å². The van der Waals surface area contributed by atoms with Crippen LogP contribution >= 0.6 is 11.3 Å². The summed E-state index contributed by atoms with van der Waals surface area (Å²) in [6.45, 7) is 0. The van der Waals surface area contributed by atoms with Crippen molar-refractivity contribution in [2.75, 3.05) is 0 Å². The summed E-state index contributed by atoms with van der Waals surface area (Å²) in [5.41, 5.74) is 7.39. The lowest BCUT2D eigenvalue weighted by molar-refractivity contribution is 0.229. The van der Waals surface area contributed by atoms with Gasteiger partial charge in [0, 0.05) is 4.88 Å². The molecule has 2 heterocycles. The number of hydrogen-bond donors (Lipinski definition) is 1. The van der Waals surface area contributed by atoms with E-state index in [1.165, 1.54) is 42.5 Å². The molecule has 0 unspecified atom stereocenters. The number of rotatable bonds is 2. The minimum absolute atomic E-state index is 0.337. The lowest BCUT2D eigenvalue weighted by atomic mass is 9.77. The van der Waals surface area contributed by atoms with Crippen LogP contribution in [0.2, 0.25) is 0 Å². The van der Waals surface area contributed by atoms with Crippen molar-refractivity contribution >= 4 is 11.3 Å². The predicted octanol–water partition coefficient (Wildman–Crippen LogP) is 3.40. The zero-order chi connectivity index (χ0) is 13.6. The topological polar surface area (TPSA) is 64.9 Å². The van der Waals surface area contributed by atoms with E-state index in [1.54, 1.807) is 0 Å². The van der Waals surface area contributed by atoms with E-state index in [0.29, 0.717) is 11.7 Å². The summed E-state index contributed by atoms with van der Waals surface area (Å²) in [6.07, 6.45) is 9.41. The third-order valence-corrected chi connectivity index (χ3v) is 5.80. The van der Waals surface area contributed by atoms with E-state index in [4.69, 9.17) is 10.3 Å². The van der Waals surface area contributed by atoms with Crippen LogP contribution in [0.25, 0.3) is 10.8 Å². The molecule has 106 valence electrons. The van der Waals surface area contributed by atoms with Gasteiger partial charge in [0.2, 0.25) is 0 Å². The molecule has 4 rings (SSSR count). The van der Waals surface area contributed by atoms with Crippen LogP contribution in [-0.2, 0) is 18.4 Å². The SMILES string of the molecule is NC1(c2noc(-c3cc4c(s3)CCCCC4)n2)CCC1. The Hall–Kier alpha value is -1.20. The van der Waals surface area contributed by atoms with E-state index in [9.17, 15) is 0 Å².